The number of amides is 1. The monoisotopic (exact) mass is 403 g/mol. The molecule has 5 nitrogen and oxygen atoms in total. The zero-order valence-corrected chi connectivity index (χ0v) is 15.7. The molecule has 0 bridgehead atoms. The minimum atomic E-state index is -0.0708. The van der Waals surface area contributed by atoms with Crippen LogP contribution in [-0.4, -0.2) is 27.5 Å². The predicted molar refractivity (Wildman–Crippen MR) is 97.7 cm³/mol. The Labute approximate surface area is 155 Å². The number of benzene rings is 1. The van der Waals surface area contributed by atoms with Crippen molar-refractivity contribution in [2.75, 3.05) is 6.54 Å². The van der Waals surface area contributed by atoms with Crippen LogP contribution in [0.1, 0.15) is 56.9 Å². The zero-order chi connectivity index (χ0) is 17.2. The molecule has 2 fully saturated rings. The fourth-order valence-electron chi connectivity index (χ4n) is 3.95. The molecule has 1 atom stereocenters. The second-order valence-corrected chi connectivity index (χ2v) is 7.90. The number of nitrogens with zero attached hydrogens (tertiary/aromatic N) is 3. The molecular weight excluding hydrogens is 382 g/mol. The van der Waals surface area contributed by atoms with Crippen molar-refractivity contribution < 1.29 is 9.32 Å². The van der Waals surface area contributed by atoms with Gasteiger partial charge >= 0.3 is 0 Å². The molecule has 1 aliphatic heterocycles. The van der Waals surface area contributed by atoms with Crippen LogP contribution in [0.25, 0.3) is 11.4 Å². The maximum absolute atomic E-state index is 12.9. The fourth-order valence-corrected chi connectivity index (χ4v) is 4.21. The largest absolute Gasteiger partial charge is 0.337 e. The van der Waals surface area contributed by atoms with E-state index >= 15 is 0 Å². The first-order valence-electron chi connectivity index (χ1n) is 9.12. The lowest BCUT2D eigenvalue weighted by Gasteiger charge is -2.35. The maximum atomic E-state index is 12.9. The number of carbonyl (C=O) groups excluding carboxylic acids is 1. The molecule has 2 aromatic rings. The maximum Gasteiger partial charge on any atom is 0.249 e. The average molecular weight is 404 g/mol. The van der Waals surface area contributed by atoms with Crippen molar-refractivity contribution >= 4 is 21.8 Å². The van der Waals surface area contributed by atoms with Gasteiger partial charge in [-0.2, -0.15) is 4.98 Å². The number of carbonyl (C=O) groups is 1. The topological polar surface area (TPSA) is 59.2 Å². The molecule has 4 rings (SSSR count). The Morgan fingerprint density at radius 3 is 2.56 bits per heavy atom. The Balaban J connectivity index is 1.56. The third kappa shape index (κ3) is 3.50. The highest BCUT2D eigenvalue weighted by Gasteiger charge is 2.36. The number of hydrogen-bond acceptors (Lipinski definition) is 4. The quantitative estimate of drug-likeness (QED) is 0.741. The van der Waals surface area contributed by atoms with Crippen LogP contribution in [0.15, 0.2) is 33.3 Å². The number of hydrogen-bond donors (Lipinski definition) is 0. The molecule has 0 spiro atoms. The van der Waals surface area contributed by atoms with Crippen LogP contribution in [-0.2, 0) is 4.79 Å². The fraction of sp³-hybridized carbons (Fsp3) is 0.526. The van der Waals surface area contributed by atoms with Crippen LogP contribution < -0.4 is 0 Å². The van der Waals surface area contributed by atoms with Gasteiger partial charge in [0.15, 0.2) is 0 Å². The van der Waals surface area contributed by atoms with Crippen LogP contribution in [0, 0.1) is 5.92 Å². The first-order chi connectivity index (χ1) is 12.2. The van der Waals surface area contributed by atoms with Gasteiger partial charge in [0.25, 0.3) is 0 Å². The van der Waals surface area contributed by atoms with E-state index in [0.717, 1.165) is 48.7 Å². The van der Waals surface area contributed by atoms with Crippen LogP contribution in [0.4, 0.5) is 0 Å². The van der Waals surface area contributed by atoms with E-state index in [9.17, 15) is 4.79 Å². The summed E-state index contributed by atoms with van der Waals surface area (Å²) in [5, 5.41) is 4.14. The van der Waals surface area contributed by atoms with Crippen molar-refractivity contribution in [2.24, 2.45) is 5.92 Å². The zero-order valence-electron chi connectivity index (χ0n) is 14.2. The molecule has 1 aromatic carbocycles. The highest BCUT2D eigenvalue weighted by atomic mass is 79.9. The lowest BCUT2D eigenvalue weighted by molar-refractivity contribution is -0.140. The lowest BCUT2D eigenvalue weighted by Crippen LogP contribution is -2.41. The number of likely N-dealkylation sites (tertiary alicyclic amines) is 1. The molecule has 132 valence electrons. The van der Waals surface area contributed by atoms with Gasteiger partial charge in [-0.1, -0.05) is 33.9 Å². The highest BCUT2D eigenvalue weighted by molar-refractivity contribution is 9.10. The van der Waals surface area contributed by atoms with Gasteiger partial charge in [-0.15, -0.1) is 0 Å². The molecular formula is C19H22BrN3O2. The van der Waals surface area contributed by atoms with Crippen molar-refractivity contribution in [3.63, 3.8) is 0 Å². The summed E-state index contributed by atoms with van der Waals surface area (Å²) in [6, 6.07) is 7.77. The molecule has 6 heteroatoms. The minimum absolute atomic E-state index is 0.0708. The van der Waals surface area contributed by atoms with Gasteiger partial charge in [-0.05, 0) is 56.4 Å². The lowest BCUT2D eigenvalue weighted by atomic mass is 9.98. The first kappa shape index (κ1) is 16.8. The van der Waals surface area contributed by atoms with Crippen molar-refractivity contribution in [3.8, 4) is 11.4 Å². The van der Waals surface area contributed by atoms with Crippen molar-refractivity contribution in [3.05, 3.63) is 34.6 Å². The van der Waals surface area contributed by atoms with E-state index < -0.39 is 0 Å². The average Bonchev–Trinajstić information content (AvgIpc) is 3.34. The predicted octanol–water partition coefficient (Wildman–Crippen LogP) is 4.74. The number of halogens is 1. The standard InChI is InChI=1S/C19H22BrN3O2/c20-15-10-8-13(9-11-15)17-21-18(25-22-17)16-7-3-4-12-23(16)19(24)14-5-1-2-6-14/h8-11,14,16H,1-7,12H2. The van der Waals surface area contributed by atoms with E-state index in [-0.39, 0.29) is 17.9 Å². The SMILES string of the molecule is O=C(C1CCCC1)N1CCCCC1c1nc(-c2ccc(Br)cc2)no1. The van der Waals surface area contributed by atoms with E-state index in [1.165, 1.54) is 12.8 Å². The Morgan fingerprint density at radius 1 is 1.08 bits per heavy atom. The third-order valence-electron chi connectivity index (χ3n) is 5.32. The molecule has 0 N–H and O–H groups in total. The van der Waals surface area contributed by atoms with Gasteiger partial charge in [-0.25, -0.2) is 0 Å². The summed E-state index contributed by atoms with van der Waals surface area (Å²) in [5.74, 6) is 1.63. The molecule has 1 aromatic heterocycles. The summed E-state index contributed by atoms with van der Waals surface area (Å²) >= 11 is 3.43. The molecule has 1 saturated heterocycles. The van der Waals surface area contributed by atoms with Gasteiger partial charge in [0.05, 0.1) is 0 Å². The van der Waals surface area contributed by atoms with E-state index in [4.69, 9.17) is 4.52 Å². The van der Waals surface area contributed by atoms with E-state index in [1.54, 1.807) is 0 Å². The summed E-state index contributed by atoms with van der Waals surface area (Å²) < 4.78 is 6.58. The summed E-state index contributed by atoms with van der Waals surface area (Å²) in [4.78, 5) is 19.5. The van der Waals surface area contributed by atoms with Crippen LogP contribution in [0.2, 0.25) is 0 Å². The van der Waals surface area contributed by atoms with E-state index in [0.29, 0.717) is 11.7 Å². The Kier molecular flexibility index (Phi) is 4.88. The van der Waals surface area contributed by atoms with Crippen LogP contribution in [0.3, 0.4) is 0 Å². The Hall–Kier alpha value is -1.69. The summed E-state index contributed by atoms with van der Waals surface area (Å²) in [5.41, 5.74) is 0.919. The minimum Gasteiger partial charge on any atom is -0.337 e. The van der Waals surface area contributed by atoms with E-state index in [2.05, 4.69) is 26.1 Å². The molecule has 25 heavy (non-hydrogen) atoms. The molecule has 2 aliphatic rings. The second-order valence-electron chi connectivity index (χ2n) is 6.99. The normalized spacial score (nSPS) is 21.6. The summed E-state index contributed by atoms with van der Waals surface area (Å²) in [6.07, 6.45) is 7.44. The summed E-state index contributed by atoms with van der Waals surface area (Å²) in [6.45, 7) is 0.802. The van der Waals surface area contributed by atoms with Gasteiger partial charge in [0.1, 0.15) is 6.04 Å². The Morgan fingerprint density at radius 2 is 1.80 bits per heavy atom. The van der Waals surface area contributed by atoms with Crippen LogP contribution in [0.5, 0.6) is 0 Å². The first-order valence-corrected chi connectivity index (χ1v) is 9.92. The van der Waals surface area contributed by atoms with Gasteiger partial charge < -0.3 is 9.42 Å². The van der Waals surface area contributed by atoms with Crippen molar-refractivity contribution in [1.82, 2.24) is 15.0 Å². The highest BCUT2D eigenvalue weighted by Crippen LogP contribution is 2.35. The summed E-state index contributed by atoms with van der Waals surface area (Å²) in [7, 11) is 0. The van der Waals surface area contributed by atoms with Crippen molar-refractivity contribution in [1.29, 1.82) is 0 Å². The second kappa shape index (κ2) is 7.28. The van der Waals surface area contributed by atoms with Gasteiger partial charge in [0.2, 0.25) is 17.6 Å². The van der Waals surface area contributed by atoms with Gasteiger partial charge in [0, 0.05) is 22.5 Å². The number of rotatable bonds is 3. The molecule has 1 unspecified atom stereocenters. The molecule has 0 radical (unpaired) electrons. The molecule has 1 saturated carbocycles. The van der Waals surface area contributed by atoms with Gasteiger partial charge in [-0.3, -0.25) is 4.79 Å². The molecule has 1 amide bonds. The number of piperidine rings is 1. The number of aromatic nitrogens is 2. The third-order valence-corrected chi connectivity index (χ3v) is 5.85. The smallest absolute Gasteiger partial charge is 0.249 e. The molecule has 1 aliphatic carbocycles. The molecule has 2 heterocycles. The Bertz CT molecular complexity index is 737. The van der Waals surface area contributed by atoms with Crippen molar-refractivity contribution in [2.45, 2.75) is 51.0 Å². The van der Waals surface area contributed by atoms with Crippen LogP contribution >= 0.6 is 15.9 Å². The van der Waals surface area contributed by atoms with E-state index in [1.807, 2.05) is 29.2 Å².